The second-order valence-electron chi connectivity index (χ2n) is 6.64. The number of hydrogen-bond acceptors (Lipinski definition) is 6. The molecule has 0 saturated heterocycles. The van der Waals surface area contributed by atoms with Gasteiger partial charge >= 0.3 is 0 Å². The number of nitrogens with zero attached hydrogens (tertiary/aromatic N) is 4. The monoisotopic (exact) mass is 563 g/mol. The number of halogens is 2. The van der Waals surface area contributed by atoms with Crippen LogP contribution in [0, 0.1) is 0 Å². The molecule has 31 heavy (non-hydrogen) atoms. The number of phenolic OH excluding ortho intramolecular Hbond substituents is 1. The van der Waals surface area contributed by atoms with E-state index in [2.05, 4.69) is 59.2 Å². The molecule has 0 spiro atoms. The van der Waals surface area contributed by atoms with E-state index in [1.165, 1.54) is 18.0 Å². The third-order valence-electron chi connectivity index (χ3n) is 3.96. The van der Waals surface area contributed by atoms with E-state index in [4.69, 9.17) is 0 Å². The number of thioether (sulfide) groups is 1. The highest BCUT2D eigenvalue weighted by Crippen LogP contribution is 2.26. The molecule has 0 aliphatic rings. The second kappa shape index (κ2) is 10.7. The predicted molar refractivity (Wildman–Crippen MR) is 130 cm³/mol. The number of carbonyl (C=O) groups excluding carboxylic acids is 1. The number of aromatic hydroxyl groups is 1. The third-order valence-corrected chi connectivity index (χ3v) is 5.95. The van der Waals surface area contributed by atoms with Gasteiger partial charge in [0.1, 0.15) is 5.75 Å². The predicted octanol–water partition coefficient (Wildman–Crippen LogP) is 4.99. The molecule has 0 radical (unpaired) electrons. The number of nitrogens with one attached hydrogen (secondary N) is 1. The average Bonchev–Trinajstić information content (AvgIpc) is 3.11. The first-order valence-corrected chi connectivity index (χ1v) is 11.7. The van der Waals surface area contributed by atoms with Crippen LogP contribution in [0.1, 0.15) is 12.5 Å². The first-order chi connectivity index (χ1) is 14.8. The number of amides is 1. The summed E-state index contributed by atoms with van der Waals surface area (Å²) in [5.74, 6) is 0.590. The van der Waals surface area contributed by atoms with Gasteiger partial charge < -0.3 is 5.11 Å². The van der Waals surface area contributed by atoms with Crippen LogP contribution in [0.15, 0.2) is 73.8 Å². The number of aromatic nitrogens is 3. The van der Waals surface area contributed by atoms with E-state index >= 15 is 0 Å². The lowest BCUT2D eigenvalue weighted by molar-refractivity contribution is -0.118. The zero-order valence-corrected chi connectivity index (χ0v) is 20.5. The number of phenols is 1. The molecule has 0 bridgehead atoms. The standard InChI is InChI=1S/C21H19Br2N5O2S/c1-13(2)11-28-20(14-3-5-16(22)6-4-14)26-27-21(28)31-12-19(30)25-24-10-15-9-17(23)7-8-18(15)29/h3-10,29H,1,11-12H2,2H3,(H,25,30). The van der Waals surface area contributed by atoms with Crippen molar-refractivity contribution >= 4 is 55.7 Å². The molecule has 0 fully saturated rings. The van der Waals surface area contributed by atoms with Crippen LogP contribution in [0.4, 0.5) is 0 Å². The fourth-order valence-corrected chi connectivity index (χ4v) is 3.96. The van der Waals surface area contributed by atoms with Gasteiger partial charge in [0.15, 0.2) is 11.0 Å². The summed E-state index contributed by atoms with van der Waals surface area (Å²) in [6, 6.07) is 12.7. The summed E-state index contributed by atoms with van der Waals surface area (Å²) in [6.07, 6.45) is 1.39. The Morgan fingerprint density at radius 3 is 2.65 bits per heavy atom. The van der Waals surface area contributed by atoms with Crippen molar-refractivity contribution in [1.82, 2.24) is 20.2 Å². The van der Waals surface area contributed by atoms with Gasteiger partial charge in [0.2, 0.25) is 0 Å². The highest BCUT2D eigenvalue weighted by molar-refractivity contribution is 9.10. The Kier molecular flexibility index (Phi) is 8.05. The van der Waals surface area contributed by atoms with Crippen molar-refractivity contribution in [2.75, 3.05) is 5.75 Å². The smallest absolute Gasteiger partial charge is 0.250 e. The summed E-state index contributed by atoms with van der Waals surface area (Å²) in [4.78, 5) is 12.2. The minimum atomic E-state index is -0.300. The lowest BCUT2D eigenvalue weighted by Crippen LogP contribution is -2.20. The molecular weight excluding hydrogens is 546 g/mol. The quantitative estimate of drug-likeness (QED) is 0.174. The van der Waals surface area contributed by atoms with E-state index in [1.807, 2.05) is 35.8 Å². The van der Waals surface area contributed by atoms with Crippen LogP contribution in [-0.2, 0) is 11.3 Å². The van der Waals surface area contributed by atoms with Crippen LogP contribution in [0.2, 0.25) is 0 Å². The maximum atomic E-state index is 12.2. The van der Waals surface area contributed by atoms with Gasteiger partial charge in [0, 0.05) is 26.6 Å². The molecule has 1 heterocycles. The summed E-state index contributed by atoms with van der Waals surface area (Å²) >= 11 is 8.02. The topological polar surface area (TPSA) is 92.4 Å². The summed E-state index contributed by atoms with van der Waals surface area (Å²) in [5, 5.41) is 22.9. The van der Waals surface area contributed by atoms with Gasteiger partial charge in [-0.25, -0.2) is 5.43 Å². The maximum absolute atomic E-state index is 12.2. The van der Waals surface area contributed by atoms with Crippen LogP contribution in [0.3, 0.4) is 0 Å². The fourth-order valence-electron chi connectivity index (χ4n) is 2.59. The molecule has 3 rings (SSSR count). The van der Waals surface area contributed by atoms with E-state index in [0.29, 0.717) is 23.1 Å². The summed E-state index contributed by atoms with van der Waals surface area (Å²) in [6.45, 7) is 6.46. The highest BCUT2D eigenvalue weighted by Gasteiger charge is 2.15. The van der Waals surface area contributed by atoms with E-state index in [-0.39, 0.29) is 17.4 Å². The van der Waals surface area contributed by atoms with Gasteiger partial charge in [-0.15, -0.1) is 10.2 Å². The number of hydrogen-bond donors (Lipinski definition) is 2. The largest absolute Gasteiger partial charge is 0.507 e. The maximum Gasteiger partial charge on any atom is 0.250 e. The lowest BCUT2D eigenvalue weighted by Gasteiger charge is -2.10. The Morgan fingerprint density at radius 2 is 1.94 bits per heavy atom. The normalized spacial score (nSPS) is 11.1. The molecule has 7 nitrogen and oxygen atoms in total. The van der Waals surface area contributed by atoms with Crippen LogP contribution in [0.25, 0.3) is 11.4 Å². The molecule has 0 aliphatic heterocycles. The molecule has 10 heteroatoms. The first kappa shape index (κ1) is 23.2. The van der Waals surface area contributed by atoms with Gasteiger partial charge in [-0.05, 0) is 37.3 Å². The van der Waals surface area contributed by atoms with E-state index < -0.39 is 0 Å². The second-order valence-corrected chi connectivity index (χ2v) is 9.42. The van der Waals surface area contributed by atoms with Crippen LogP contribution >= 0.6 is 43.6 Å². The van der Waals surface area contributed by atoms with Gasteiger partial charge in [-0.2, -0.15) is 5.10 Å². The Hall–Kier alpha value is -2.43. The highest BCUT2D eigenvalue weighted by atomic mass is 79.9. The van der Waals surface area contributed by atoms with Crippen molar-refractivity contribution < 1.29 is 9.90 Å². The van der Waals surface area contributed by atoms with Gasteiger partial charge in [0.05, 0.1) is 12.0 Å². The first-order valence-electron chi connectivity index (χ1n) is 9.10. The number of allylic oxidation sites excluding steroid dienone is 1. The molecule has 2 aromatic carbocycles. The Labute approximate surface area is 200 Å². The summed E-state index contributed by atoms with van der Waals surface area (Å²) < 4.78 is 3.71. The molecule has 160 valence electrons. The Balaban J connectivity index is 1.67. The summed E-state index contributed by atoms with van der Waals surface area (Å²) in [5.41, 5.74) is 4.81. The van der Waals surface area contributed by atoms with Crippen LogP contribution < -0.4 is 5.43 Å². The van der Waals surface area contributed by atoms with Gasteiger partial charge in [0.25, 0.3) is 5.91 Å². The molecular formula is C21H19Br2N5O2S. The summed E-state index contributed by atoms with van der Waals surface area (Å²) in [7, 11) is 0. The van der Waals surface area contributed by atoms with Gasteiger partial charge in [-0.1, -0.05) is 67.9 Å². The van der Waals surface area contributed by atoms with E-state index in [0.717, 1.165) is 20.1 Å². The van der Waals surface area contributed by atoms with Crippen molar-refractivity contribution in [3.05, 3.63) is 69.1 Å². The van der Waals surface area contributed by atoms with Crippen molar-refractivity contribution in [2.24, 2.45) is 5.10 Å². The number of hydrazone groups is 1. The number of rotatable bonds is 8. The molecule has 3 aromatic rings. The van der Waals surface area contributed by atoms with E-state index in [9.17, 15) is 9.90 Å². The zero-order valence-electron chi connectivity index (χ0n) is 16.5. The van der Waals surface area contributed by atoms with Crippen LogP contribution in [-0.4, -0.2) is 37.7 Å². The van der Waals surface area contributed by atoms with Crippen molar-refractivity contribution in [3.8, 4) is 17.1 Å². The molecule has 0 unspecified atom stereocenters. The molecule has 1 aromatic heterocycles. The van der Waals surface area contributed by atoms with Crippen LogP contribution in [0.5, 0.6) is 5.75 Å². The average molecular weight is 565 g/mol. The Bertz CT molecular complexity index is 1130. The van der Waals surface area contributed by atoms with Crippen molar-refractivity contribution in [1.29, 1.82) is 0 Å². The van der Waals surface area contributed by atoms with Gasteiger partial charge in [-0.3, -0.25) is 9.36 Å². The molecule has 2 N–H and O–H groups in total. The fraction of sp³-hybridized carbons (Fsp3) is 0.143. The van der Waals surface area contributed by atoms with Crippen molar-refractivity contribution in [2.45, 2.75) is 18.6 Å². The zero-order chi connectivity index (χ0) is 22.4. The third kappa shape index (κ3) is 6.52. The number of carbonyl (C=O) groups is 1. The lowest BCUT2D eigenvalue weighted by atomic mass is 10.2. The molecule has 0 atom stereocenters. The van der Waals surface area contributed by atoms with E-state index in [1.54, 1.807) is 18.2 Å². The molecule has 0 saturated carbocycles. The van der Waals surface area contributed by atoms with Crippen molar-refractivity contribution in [3.63, 3.8) is 0 Å². The minimum absolute atomic E-state index is 0.0731. The SMILES string of the molecule is C=C(C)Cn1c(SCC(=O)NN=Cc2cc(Br)ccc2O)nnc1-c1ccc(Br)cc1. The number of benzene rings is 2. The molecule has 1 amide bonds. The minimum Gasteiger partial charge on any atom is -0.507 e. The Morgan fingerprint density at radius 1 is 1.23 bits per heavy atom. The molecule has 0 aliphatic carbocycles.